The van der Waals surface area contributed by atoms with Gasteiger partial charge >= 0.3 is 5.97 Å². The molecule has 5 nitrogen and oxygen atoms in total. The van der Waals surface area contributed by atoms with Gasteiger partial charge in [-0.3, -0.25) is 9.59 Å². The summed E-state index contributed by atoms with van der Waals surface area (Å²) in [5.74, 6) is -1.08. The van der Waals surface area contributed by atoms with E-state index in [-0.39, 0.29) is 17.7 Å². The fraction of sp³-hybridized carbons (Fsp3) is 0.833. The summed E-state index contributed by atoms with van der Waals surface area (Å²) in [6.45, 7) is 6.78. The summed E-state index contributed by atoms with van der Waals surface area (Å²) >= 11 is 0. The molecule has 1 heterocycles. The zero-order valence-electron chi connectivity index (χ0n) is 10.4. The molecule has 2 N–H and O–H groups in total. The fourth-order valence-electron chi connectivity index (χ4n) is 2.81. The predicted octanol–water partition coefficient (Wildman–Crippen LogP) is 0.165. The Morgan fingerprint density at radius 1 is 1.35 bits per heavy atom. The van der Waals surface area contributed by atoms with Crippen molar-refractivity contribution in [1.29, 1.82) is 0 Å². The molecule has 1 saturated carbocycles. The van der Waals surface area contributed by atoms with Gasteiger partial charge in [-0.15, -0.1) is 0 Å². The number of aliphatic carboxylic acids is 1. The van der Waals surface area contributed by atoms with Crippen LogP contribution < -0.4 is 5.32 Å². The summed E-state index contributed by atoms with van der Waals surface area (Å²) in [6.07, 6.45) is 0.503. The van der Waals surface area contributed by atoms with E-state index in [0.717, 1.165) is 13.1 Å². The van der Waals surface area contributed by atoms with E-state index in [2.05, 4.69) is 5.32 Å². The van der Waals surface area contributed by atoms with Crippen LogP contribution >= 0.6 is 0 Å². The molecule has 5 heteroatoms. The van der Waals surface area contributed by atoms with Crippen LogP contribution in [0.25, 0.3) is 0 Å². The van der Waals surface area contributed by atoms with Crippen LogP contribution in [0, 0.1) is 17.3 Å². The van der Waals surface area contributed by atoms with Crippen LogP contribution in [-0.4, -0.2) is 48.1 Å². The third kappa shape index (κ3) is 1.92. The largest absolute Gasteiger partial charge is 0.481 e. The molecule has 0 bridgehead atoms. The van der Waals surface area contributed by atoms with Crippen LogP contribution in [0.15, 0.2) is 0 Å². The molecule has 1 saturated heterocycles. The second-order valence-electron chi connectivity index (χ2n) is 5.33. The molecule has 0 aromatic carbocycles. The molecule has 2 atom stereocenters. The molecule has 1 aliphatic carbocycles. The molecule has 2 fully saturated rings. The van der Waals surface area contributed by atoms with Crippen LogP contribution in [0.3, 0.4) is 0 Å². The summed E-state index contributed by atoms with van der Waals surface area (Å²) in [5, 5.41) is 12.5. The van der Waals surface area contributed by atoms with Crippen LogP contribution in [-0.2, 0) is 9.59 Å². The zero-order chi connectivity index (χ0) is 12.6. The van der Waals surface area contributed by atoms with Crippen molar-refractivity contribution in [3.8, 4) is 0 Å². The molecule has 1 amide bonds. The lowest BCUT2D eigenvalue weighted by Crippen LogP contribution is -2.48. The molecule has 0 aromatic rings. The Balaban J connectivity index is 2.05. The third-order valence-corrected chi connectivity index (χ3v) is 4.16. The monoisotopic (exact) mass is 240 g/mol. The van der Waals surface area contributed by atoms with Gasteiger partial charge in [0, 0.05) is 26.2 Å². The van der Waals surface area contributed by atoms with Gasteiger partial charge in [-0.1, -0.05) is 13.8 Å². The second-order valence-corrected chi connectivity index (χ2v) is 5.33. The van der Waals surface area contributed by atoms with E-state index in [1.807, 2.05) is 13.8 Å². The highest BCUT2D eigenvalue weighted by molar-refractivity contribution is 5.93. The summed E-state index contributed by atoms with van der Waals surface area (Å²) in [6, 6.07) is 0. The van der Waals surface area contributed by atoms with Crippen molar-refractivity contribution >= 4 is 11.9 Å². The zero-order valence-corrected chi connectivity index (χ0v) is 10.4. The van der Waals surface area contributed by atoms with Gasteiger partial charge in [0.1, 0.15) is 0 Å². The Bertz CT molecular complexity index is 337. The van der Waals surface area contributed by atoms with Crippen molar-refractivity contribution in [2.45, 2.75) is 20.3 Å². The van der Waals surface area contributed by atoms with Crippen LogP contribution in [0.5, 0.6) is 0 Å². The Morgan fingerprint density at radius 3 is 2.35 bits per heavy atom. The van der Waals surface area contributed by atoms with E-state index in [4.69, 9.17) is 0 Å². The number of nitrogens with zero attached hydrogens (tertiary/aromatic N) is 1. The van der Waals surface area contributed by atoms with Crippen molar-refractivity contribution in [3.63, 3.8) is 0 Å². The van der Waals surface area contributed by atoms with Crippen LogP contribution in [0.1, 0.15) is 20.3 Å². The maximum absolute atomic E-state index is 12.2. The van der Waals surface area contributed by atoms with Crippen LogP contribution in [0.2, 0.25) is 0 Å². The van der Waals surface area contributed by atoms with Crippen molar-refractivity contribution < 1.29 is 14.7 Å². The quantitative estimate of drug-likeness (QED) is 0.737. The highest BCUT2D eigenvalue weighted by Gasteiger charge is 2.66. The summed E-state index contributed by atoms with van der Waals surface area (Å²) in [4.78, 5) is 25.4. The van der Waals surface area contributed by atoms with Gasteiger partial charge in [0.25, 0.3) is 0 Å². The van der Waals surface area contributed by atoms with E-state index in [9.17, 15) is 14.7 Å². The lowest BCUT2D eigenvalue weighted by molar-refractivity contribution is -0.149. The number of piperazine rings is 1. The smallest absolute Gasteiger partial charge is 0.310 e. The molecule has 2 aliphatic rings. The van der Waals surface area contributed by atoms with E-state index < -0.39 is 11.4 Å². The minimum absolute atomic E-state index is 0.0110. The SMILES string of the molecule is CC(C)C1(C(=O)O)CC1C(=O)N1CCNCC1. The number of rotatable bonds is 3. The Labute approximate surface area is 101 Å². The number of amides is 1. The Morgan fingerprint density at radius 2 is 1.94 bits per heavy atom. The highest BCUT2D eigenvalue weighted by atomic mass is 16.4. The molecule has 1 aliphatic heterocycles. The summed E-state index contributed by atoms with van der Waals surface area (Å²) in [5.41, 5.74) is -0.804. The molecule has 2 unspecified atom stereocenters. The molecular weight excluding hydrogens is 220 g/mol. The number of hydrogen-bond donors (Lipinski definition) is 2. The first-order chi connectivity index (χ1) is 8.00. The second kappa shape index (κ2) is 4.29. The summed E-state index contributed by atoms with van der Waals surface area (Å²) in [7, 11) is 0. The highest BCUT2D eigenvalue weighted by Crippen LogP contribution is 2.58. The van der Waals surface area contributed by atoms with Gasteiger partial charge in [-0.25, -0.2) is 0 Å². The van der Waals surface area contributed by atoms with E-state index >= 15 is 0 Å². The maximum Gasteiger partial charge on any atom is 0.310 e. The average Bonchev–Trinajstić information content (AvgIpc) is 3.06. The Kier molecular flexibility index (Phi) is 3.12. The lowest BCUT2D eigenvalue weighted by atomic mass is 9.89. The average molecular weight is 240 g/mol. The van der Waals surface area contributed by atoms with Gasteiger partial charge in [-0.05, 0) is 12.3 Å². The van der Waals surface area contributed by atoms with E-state index in [0.29, 0.717) is 19.5 Å². The Hall–Kier alpha value is -1.10. The van der Waals surface area contributed by atoms with Crippen molar-refractivity contribution in [2.75, 3.05) is 26.2 Å². The molecule has 2 rings (SSSR count). The number of nitrogens with one attached hydrogen (secondary N) is 1. The van der Waals surface area contributed by atoms with Crippen molar-refractivity contribution in [1.82, 2.24) is 10.2 Å². The standard InChI is InChI=1S/C12H20N2O3/c1-8(2)12(11(16)17)7-9(12)10(15)14-5-3-13-4-6-14/h8-9,13H,3-7H2,1-2H3,(H,16,17). The number of carbonyl (C=O) groups excluding carboxylic acids is 1. The maximum atomic E-state index is 12.2. The van der Waals surface area contributed by atoms with E-state index in [1.54, 1.807) is 4.90 Å². The minimum Gasteiger partial charge on any atom is -0.481 e. The van der Waals surface area contributed by atoms with Gasteiger partial charge in [0.2, 0.25) is 5.91 Å². The molecule has 96 valence electrons. The number of hydrogen-bond acceptors (Lipinski definition) is 3. The molecule has 0 aromatic heterocycles. The first-order valence-electron chi connectivity index (χ1n) is 6.23. The fourth-order valence-corrected chi connectivity index (χ4v) is 2.81. The van der Waals surface area contributed by atoms with Crippen molar-refractivity contribution in [3.05, 3.63) is 0 Å². The normalized spacial score (nSPS) is 32.6. The first kappa shape index (κ1) is 12.4. The van der Waals surface area contributed by atoms with E-state index in [1.165, 1.54) is 0 Å². The topological polar surface area (TPSA) is 69.6 Å². The lowest BCUT2D eigenvalue weighted by Gasteiger charge is -2.28. The van der Waals surface area contributed by atoms with Gasteiger partial charge < -0.3 is 15.3 Å². The third-order valence-electron chi connectivity index (χ3n) is 4.16. The van der Waals surface area contributed by atoms with Gasteiger partial charge in [-0.2, -0.15) is 0 Å². The number of carbonyl (C=O) groups is 2. The number of carboxylic acids is 1. The predicted molar refractivity (Wildman–Crippen MR) is 62.5 cm³/mol. The molecule has 0 radical (unpaired) electrons. The summed E-state index contributed by atoms with van der Waals surface area (Å²) < 4.78 is 0. The molecule has 17 heavy (non-hydrogen) atoms. The first-order valence-corrected chi connectivity index (χ1v) is 6.23. The minimum atomic E-state index is -0.819. The van der Waals surface area contributed by atoms with Gasteiger partial charge in [0.05, 0.1) is 11.3 Å². The van der Waals surface area contributed by atoms with Gasteiger partial charge in [0.15, 0.2) is 0 Å². The molecular formula is C12H20N2O3. The van der Waals surface area contributed by atoms with Crippen molar-refractivity contribution in [2.24, 2.45) is 17.3 Å². The molecule has 0 spiro atoms. The van der Waals surface area contributed by atoms with Crippen LogP contribution in [0.4, 0.5) is 0 Å². The number of carboxylic acid groups (broad SMARTS) is 1.